The fourth-order valence-electron chi connectivity index (χ4n) is 3.33. The Bertz CT molecular complexity index is 863. The molecule has 1 amide bonds. The van der Waals surface area contributed by atoms with Crippen LogP contribution in [0.15, 0.2) is 48.5 Å². The molecule has 1 aliphatic heterocycles. The van der Waals surface area contributed by atoms with E-state index in [-0.39, 0.29) is 5.91 Å². The third-order valence-electron chi connectivity index (χ3n) is 4.40. The number of nitrogens with one attached hydrogen (secondary N) is 1. The van der Waals surface area contributed by atoms with Gasteiger partial charge in [-0.2, -0.15) is 0 Å². The molecule has 0 fully saturated rings. The molecule has 110 valence electrons. The molecule has 0 saturated heterocycles. The molecule has 1 N–H and O–H groups in total. The monoisotopic (exact) mass is 290 g/mol. The highest BCUT2D eigenvalue weighted by atomic mass is 16.2. The molecule has 22 heavy (non-hydrogen) atoms. The third-order valence-corrected chi connectivity index (χ3v) is 4.40. The molecular formula is C19H18N2O. The number of H-pyrrole nitrogens is 1. The van der Waals surface area contributed by atoms with E-state index in [4.69, 9.17) is 0 Å². The lowest BCUT2D eigenvalue weighted by atomic mass is 10.0. The second-order valence-corrected chi connectivity index (χ2v) is 5.99. The number of benzene rings is 2. The molecule has 1 aliphatic rings. The first kappa shape index (κ1) is 13.1. The minimum Gasteiger partial charge on any atom is -0.350 e. The lowest BCUT2D eigenvalue weighted by Gasteiger charge is -2.27. The van der Waals surface area contributed by atoms with Crippen molar-refractivity contribution in [1.29, 1.82) is 0 Å². The Balaban J connectivity index is 1.67. The van der Waals surface area contributed by atoms with Crippen molar-refractivity contribution >= 4 is 16.8 Å². The Labute approximate surface area is 129 Å². The molecule has 1 aromatic heterocycles. The number of hydrogen-bond donors (Lipinski definition) is 1. The number of aryl methyl sites for hydroxylation is 1. The molecular weight excluding hydrogens is 272 g/mol. The second kappa shape index (κ2) is 5.02. The number of para-hydroxylation sites is 1. The number of aromatic amines is 1. The standard InChI is InChI=1S/C19H18N2O/c1-13-5-4-6-14(11-13)12-21-10-9-16-15-7-2-3-8-17(15)20-18(16)19(21)22/h2-8,11,20H,9-10,12H2,1H3. The molecule has 0 bridgehead atoms. The lowest BCUT2D eigenvalue weighted by Crippen LogP contribution is -2.36. The van der Waals surface area contributed by atoms with Crippen LogP contribution >= 0.6 is 0 Å². The van der Waals surface area contributed by atoms with Gasteiger partial charge in [0, 0.05) is 24.0 Å². The predicted molar refractivity (Wildman–Crippen MR) is 87.9 cm³/mol. The van der Waals surface area contributed by atoms with Gasteiger partial charge in [-0.15, -0.1) is 0 Å². The summed E-state index contributed by atoms with van der Waals surface area (Å²) in [6, 6.07) is 16.5. The fraction of sp³-hybridized carbons (Fsp3) is 0.211. The molecule has 0 unspecified atom stereocenters. The van der Waals surface area contributed by atoms with Gasteiger partial charge in [-0.25, -0.2) is 0 Å². The number of hydrogen-bond acceptors (Lipinski definition) is 1. The molecule has 2 heterocycles. The van der Waals surface area contributed by atoms with Crippen LogP contribution in [0.3, 0.4) is 0 Å². The van der Waals surface area contributed by atoms with Gasteiger partial charge in [0.1, 0.15) is 5.69 Å². The van der Waals surface area contributed by atoms with Crippen LogP contribution < -0.4 is 0 Å². The van der Waals surface area contributed by atoms with Crippen molar-refractivity contribution in [3.05, 3.63) is 70.9 Å². The van der Waals surface area contributed by atoms with E-state index in [9.17, 15) is 4.79 Å². The highest BCUT2D eigenvalue weighted by Gasteiger charge is 2.27. The second-order valence-electron chi connectivity index (χ2n) is 5.99. The fourth-order valence-corrected chi connectivity index (χ4v) is 3.33. The van der Waals surface area contributed by atoms with Crippen LogP contribution in [0.2, 0.25) is 0 Å². The maximum absolute atomic E-state index is 12.8. The summed E-state index contributed by atoms with van der Waals surface area (Å²) in [4.78, 5) is 18.0. The number of fused-ring (bicyclic) bond motifs is 3. The van der Waals surface area contributed by atoms with Crippen LogP contribution in [0.4, 0.5) is 0 Å². The Hall–Kier alpha value is -2.55. The summed E-state index contributed by atoms with van der Waals surface area (Å²) in [5.41, 5.74) is 5.40. The van der Waals surface area contributed by atoms with Gasteiger partial charge in [0.2, 0.25) is 0 Å². The van der Waals surface area contributed by atoms with Crippen LogP contribution in [0.5, 0.6) is 0 Å². The molecule has 2 aromatic carbocycles. The average Bonchev–Trinajstić information content (AvgIpc) is 2.90. The summed E-state index contributed by atoms with van der Waals surface area (Å²) < 4.78 is 0. The number of carbonyl (C=O) groups excluding carboxylic acids is 1. The highest BCUT2D eigenvalue weighted by Crippen LogP contribution is 2.28. The Morgan fingerprint density at radius 3 is 2.86 bits per heavy atom. The molecule has 0 spiro atoms. The van der Waals surface area contributed by atoms with Gasteiger partial charge in [0.05, 0.1) is 0 Å². The summed E-state index contributed by atoms with van der Waals surface area (Å²) in [5, 5.41) is 1.18. The van der Waals surface area contributed by atoms with E-state index in [1.54, 1.807) is 0 Å². The van der Waals surface area contributed by atoms with Crippen molar-refractivity contribution in [2.24, 2.45) is 0 Å². The minimum atomic E-state index is 0.110. The first-order valence-corrected chi connectivity index (χ1v) is 7.67. The molecule has 3 aromatic rings. The SMILES string of the molecule is Cc1cccc(CN2CCc3c([nH]c4ccccc34)C2=O)c1. The molecule has 0 atom stereocenters. The van der Waals surface area contributed by atoms with Gasteiger partial charge >= 0.3 is 0 Å². The first-order valence-electron chi connectivity index (χ1n) is 7.67. The van der Waals surface area contributed by atoms with Gasteiger partial charge in [-0.05, 0) is 30.5 Å². The van der Waals surface area contributed by atoms with E-state index in [1.807, 2.05) is 29.2 Å². The van der Waals surface area contributed by atoms with Gasteiger partial charge in [-0.3, -0.25) is 4.79 Å². The number of amides is 1. The molecule has 0 saturated carbocycles. The van der Waals surface area contributed by atoms with E-state index >= 15 is 0 Å². The number of nitrogens with zero attached hydrogens (tertiary/aromatic N) is 1. The topological polar surface area (TPSA) is 36.1 Å². The summed E-state index contributed by atoms with van der Waals surface area (Å²) in [7, 11) is 0. The molecule has 3 heteroatoms. The van der Waals surface area contributed by atoms with Crippen molar-refractivity contribution in [3.8, 4) is 0 Å². The Kier molecular flexibility index (Phi) is 3.00. The summed E-state index contributed by atoms with van der Waals surface area (Å²) in [6.45, 7) is 3.54. The molecule has 4 rings (SSSR count). The van der Waals surface area contributed by atoms with Crippen molar-refractivity contribution in [3.63, 3.8) is 0 Å². The molecule has 0 radical (unpaired) electrons. The van der Waals surface area contributed by atoms with Crippen LogP contribution in [0, 0.1) is 6.92 Å². The summed E-state index contributed by atoms with van der Waals surface area (Å²) in [5.74, 6) is 0.110. The smallest absolute Gasteiger partial charge is 0.270 e. The maximum atomic E-state index is 12.8. The quantitative estimate of drug-likeness (QED) is 0.768. The van der Waals surface area contributed by atoms with Gasteiger partial charge in [0.15, 0.2) is 0 Å². The maximum Gasteiger partial charge on any atom is 0.270 e. The van der Waals surface area contributed by atoms with Crippen LogP contribution in [0.1, 0.15) is 27.2 Å². The summed E-state index contributed by atoms with van der Waals surface area (Å²) >= 11 is 0. The van der Waals surface area contributed by atoms with E-state index in [2.05, 4.69) is 36.2 Å². The lowest BCUT2D eigenvalue weighted by molar-refractivity contribution is 0.0722. The van der Waals surface area contributed by atoms with E-state index in [1.165, 1.54) is 22.1 Å². The van der Waals surface area contributed by atoms with Crippen molar-refractivity contribution in [2.75, 3.05) is 6.54 Å². The zero-order chi connectivity index (χ0) is 15.1. The number of aromatic nitrogens is 1. The molecule has 0 aliphatic carbocycles. The van der Waals surface area contributed by atoms with Crippen molar-refractivity contribution in [1.82, 2.24) is 9.88 Å². The Morgan fingerprint density at radius 1 is 1.14 bits per heavy atom. The van der Waals surface area contributed by atoms with Crippen LogP contribution in [0.25, 0.3) is 10.9 Å². The van der Waals surface area contributed by atoms with E-state index in [0.29, 0.717) is 6.54 Å². The zero-order valence-corrected chi connectivity index (χ0v) is 12.6. The van der Waals surface area contributed by atoms with Crippen LogP contribution in [-0.2, 0) is 13.0 Å². The normalized spacial score (nSPS) is 14.4. The zero-order valence-electron chi connectivity index (χ0n) is 12.6. The predicted octanol–water partition coefficient (Wildman–Crippen LogP) is 3.67. The van der Waals surface area contributed by atoms with Crippen LogP contribution in [-0.4, -0.2) is 22.3 Å². The van der Waals surface area contributed by atoms with Gasteiger partial charge in [-0.1, -0.05) is 48.0 Å². The number of carbonyl (C=O) groups is 1. The minimum absolute atomic E-state index is 0.110. The summed E-state index contributed by atoms with van der Waals surface area (Å²) in [6.07, 6.45) is 0.914. The third kappa shape index (κ3) is 2.10. The Morgan fingerprint density at radius 2 is 2.00 bits per heavy atom. The van der Waals surface area contributed by atoms with Crippen molar-refractivity contribution < 1.29 is 4.79 Å². The average molecular weight is 290 g/mol. The van der Waals surface area contributed by atoms with Crippen molar-refractivity contribution in [2.45, 2.75) is 19.9 Å². The van der Waals surface area contributed by atoms with E-state index in [0.717, 1.165) is 24.2 Å². The highest BCUT2D eigenvalue weighted by molar-refractivity contribution is 6.02. The first-order chi connectivity index (χ1) is 10.7. The van der Waals surface area contributed by atoms with Gasteiger partial charge in [0.25, 0.3) is 5.91 Å². The van der Waals surface area contributed by atoms with Gasteiger partial charge < -0.3 is 9.88 Å². The van der Waals surface area contributed by atoms with E-state index < -0.39 is 0 Å². The largest absolute Gasteiger partial charge is 0.350 e. The molecule has 3 nitrogen and oxygen atoms in total. The number of rotatable bonds is 2.